The number of carbonyl (C=O) groups is 4. The summed E-state index contributed by atoms with van der Waals surface area (Å²) in [4.78, 5) is 46.0. The molecule has 0 spiro atoms. The van der Waals surface area contributed by atoms with Crippen molar-refractivity contribution < 1.29 is 24.3 Å². The van der Waals surface area contributed by atoms with Crippen LogP contribution in [0.2, 0.25) is 0 Å². The Labute approximate surface area is 145 Å². The molecular weight excluding hydrogens is 324 g/mol. The van der Waals surface area contributed by atoms with Gasteiger partial charge in [0.2, 0.25) is 11.8 Å². The molecule has 0 bridgehead atoms. The van der Waals surface area contributed by atoms with Crippen molar-refractivity contribution in [2.45, 2.75) is 32.6 Å². The summed E-state index contributed by atoms with van der Waals surface area (Å²) in [6.45, 7) is 1.99. The normalized spacial score (nSPS) is 17.9. The Bertz CT molecular complexity index is 669. The molecule has 25 heavy (non-hydrogen) atoms. The molecule has 0 saturated carbocycles. The maximum absolute atomic E-state index is 12.1. The number of carboxylic acid groups (broad SMARTS) is 1. The van der Waals surface area contributed by atoms with E-state index in [0.717, 1.165) is 12.0 Å². The van der Waals surface area contributed by atoms with E-state index in [2.05, 4.69) is 10.6 Å². The summed E-state index contributed by atoms with van der Waals surface area (Å²) in [5.41, 5.74) is 1.29. The fourth-order valence-corrected chi connectivity index (χ4v) is 2.83. The average molecular weight is 346 g/mol. The number of carboxylic acids is 1. The van der Waals surface area contributed by atoms with E-state index < -0.39 is 11.9 Å². The second kappa shape index (κ2) is 8.41. The number of aliphatic carboxylic acids is 1. The number of carbonyl (C=O) groups excluding carboxylic acids is 3. The molecule has 1 saturated heterocycles. The zero-order valence-electron chi connectivity index (χ0n) is 14.1. The van der Waals surface area contributed by atoms with Crippen molar-refractivity contribution in [3.63, 3.8) is 0 Å². The van der Waals surface area contributed by atoms with Gasteiger partial charge >= 0.3 is 5.97 Å². The Hall–Kier alpha value is -2.70. The van der Waals surface area contributed by atoms with Gasteiger partial charge in [-0.1, -0.05) is 25.5 Å². The lowest BCUT2D eigenvalue weighted by Gasteiger charge is -2.12. The largest absolute Gasteiger partial charge is 0.481 e. The lowest BCUT2D eigenvalue weighted by molar-refractivity contribution is -0.141. The third-order valence-corrected chi connectivity index (χ3v) is 4.26. The van der Waals surface area contributed by atoms with Gasteiger partial charge in [-0.25, -0.2) is 0 Å². The molecule has 1 aromatic rings. The Kier molecular flexibility index (Phi) is 6.27. The van der Waals surface area contributed by atoms with Gasteiger partial charge in [-0.05, 0) is 30.5 Å². The Balaban J connectivity index is 1.90. The van der Waals surface area contributed by atoms with Crippen LogP contribution >= 0.6 is 0 Å². The van der Waals surface area contributed by atoms with Gasteiger partial charge in [0.15, 0.2) is 0 Å². The molecule has 1 aromatic carbocycles. The number of hydrogen-bond acceptors (Lipinski definition) is 4. The molecule has 1 aliphatic heterocycles. The second-order valence-corrected chi connectivity index (χ2v) is 6.25. The molecule has 1 fully saturated rings. The third-order valence-electron chi connectivity index (χ3n) is 4.26. The lowest BCUT2D eigenvalue weighted by Crippen LogP contribution is -2.32. The predicted molar refractivity (Wildman–Crippen MR) is 89.8 cm³/mol. The van der Waals surface area contributed by atoms with Crippen LogP contribution in [0.5, 0.6) is 0 Å². The molecular formula is C18H22N2O5. The Morgan fingerprint density at radius 1 is 1.28 bits per heavy atom. The van der Waals surface area contributed by atoms with Crippen LogP contribution in [0.15, 0.2) is 24.3 Å². The lowest BCUT2D eigenvalue weighted by atomic mass is 9.97. The Morgan fingerprint density at radius 2 is 1.96 bits per heavy atom. The SMILES string of the molecule is CCCC(CNC(=O)c1ccc(CC2CC(=O)NC2=O)cc1)C(=O)O. The first-order valence-electron chi connectivity index (χ1n) is 8.34. The molecule has 1 aliphatic rings. The standard InChI is InChI=1S/C18H22N2O5/c1-2-3-13(18(24)25)10-19-16(22)12-6-4-11(5-7-12)8-14-9-15(21)20-17(14)23/h4-7,13-14H,2-3,8-10H2,1H3,(H,19,22)(H,24,25)(H,20,21,23). The molecule has 134 valence electrons. The summed E-state index contributed by atoms with van der Waals surface area (Å²) in [5, 5.41) is 14.0. The number of rotatable bonds is 8. The minimum absolute atomic E-state index is 0.0914. The quantitative estimate of drug-likeness (QED) is 0.611. The molecule has 0 aliphatic carbocycles. The summed E-state index contributed by atoms with van der Waals surface area (Å²) >= 11 is 0. The maximum Gasteiger partial charge on any atom is 0.308 e. The highest BCUT2D eigenvalue weighted by atomic mass is 16.4. The Morgan fingerprint density at radius 3 is 2.48 bits per heavy atom. The van der Waals surface area contributed by atoms with Crippen LogP contribution in [0.4, 0.5) is 0 Å². The molecule has 3 N–H and O–H groups in total. The van der Waals surface area contributed by atoms with E-state index in [1.54, 1.807) is 24.3 Å². The highest BCUT2D eigenvalue weighted by Crippen LogP contribution is 2.17. The van der Waals surface area contributed by atoms with Crippen LogP contribution in [0, 0.1) is 11.8 Å². The van der Waals surface area contributed by atoms with Gasteiger partial charge < -0.3 is 10.4 Å². The van der Waals surface area contributed by atoms with E-state index in [9.17, 15) is 19.2 Å². The van der Waals surface area contributed by atoms with E-state index in [0.29, 0.717) is 18.4 Å². The monoisotopic (exact) mass is 346 g/mol. The molecule has 1 heterocycles. The highest BCUT2D eigenvalue weighted by Gasteiger charge is 2.30. The van der Waals surface area contributed by atoms with E-state index in [4.69, 9.17) is 5.11 Å². The number of amides is 3. The fraction of sp³-hybridized carbons (Fsp3) is 0.444. The highest BCUT2D eigenvalue weighted by molar-refractivity contribution is 6.03. The van der Waals surface area contributed by atoms with E-state index in [-0.39, 0.29) is 36.6 Å². The smallest absolute Gasteiger partial charge is 0.308 e. The van der Waals surface area contributed by atoms with Gasteiger partial charge in [0, 0.05) is 18.5 Å². The molecule has 7 nitrogen and oxygen atoms in total. The van der Waals surface area contributed by atoms with Crippen molar-refractivity contribution in [3.05, 3.63) is 35.4 Å². The minimum atomic E-state index is -0.915. The van der Waals surface area contributed by atoms with Crippen LogP contribution in [0.1, 0.15) is 42.1 Å². The van der Waals surface area contributed by atoms with Gasteiger partial charge in [-0.3, -0.25) is 24.5 Å². The fourth-order valence-electron chi connectivity index (χ4n) is 2.83. The van der Waals surface area contributed by atoms with Crippen molar-refractivity contribution in [2.24, 2.45) is 11.8 Å². The third kappa shape index (κ3) is 5.14. The van der Waals surface area contributed by atoms with Gasteiger partial charge in [0.25, 0.3) is 5.91 Å². The minimum Gasteiger partial charge on any atom is -0.481 e. The summed E-state index contributed by atoms with van der Waals surface area (Å²) in [7, 11) is 0. The summed E-state index contributed by atoms with van der Waals surface area (Å²) < 4.78 is 0. The number of benzene rings is 1. The molecule has 2 atom stereocenters. The van der Waals surface area contributed by atoms with Gasteiger partial charge in [0.1, 0.15) is 0 Å². The molecule has 0 aromatic heterocycles. The molecule has 2 rings (SSSR count). The van der Waals surface area contributed by atoms with E-state index in [1.165, 1.54) is 0 Å². The van der Waals surface area contributed by atoms with Crippen LogP contribution in [-0.2, 0) is 20.8 Å². The molecule has 0 radical (unpaired) electrons. The van der Waals surface area contributed by atoms with Crippen molar-refractivity contribution in [3.8, 4) is 0 Å². The summed E-state index contributed by atoms with van der Waals surface area (Å²) in [6, 6.07) is 6.75. The van der Waals surface area contributed by atoms with Crippen molar-refractivity contribution in [1.82, 2.24) is 10.6 Å². The van der Waals surface area contributed by atoms with Crippen molar-refractivity contribution in [1.29, 1.82) is 0 Å². The molecule has 3 amide bonds. The zero-order valence-corrected chi connectivity index (χ0v) is 14.1. The van der Waals surface area contributed by atoms with E-state index in [1.807, 2.05) is 6.92 Å². The maximum atomic E-state index is 12.1. The summed E-state index contributed by atoms with van der Waals surface area (Å²) in [5.74, 6) is -2.72. The molecule has 7 heteroatoms. The first-order chi connectivity index (χ1) is 11.9. The zero-order chi connectivity index (χ0) is 18.4. The second-order valence-electron chi connectivity index (χ2n) is 6.25. The first kappa shape index (κ1) is 18.6. The number of nitrogens with one attached hydrogen (secondary N) is 2. The molecule has 2 unspecified atom stereocenters. The van der Waals surface area contributed by atoms with Crippen LogP contribution in [0.25, 0.3) is 0 Å². The summed E-state index contributed by atoms with van der Waals surface area (Å²) in [6.07, 6.45) is 1.88. The van der Waals surface area contributed by atoms with Gasteiger partial charge in [0.05, 0.1) is 11.8 Å². The number of imide groups is 1. The van der Waals surface area contributed by atoms with Crippen molar-refractivity contribution in [2.75, 3.05) is 6.54 Å². The average Bonchev–Trinajstić information content (AvgIpc) is 2.89. The number of hydrogen-bond donors (Lipinski definition) is 3. The van der Waals surface area contributed by atoms with Crippen LogP contribution < -0.4 is 10.6 Å². The topological polar surface area (TPSA) is 113 Å². The van der Waals surface area contributed by atoms with Gasteiger partial charge in [-0.15, -0.1) is 0 Å². The van der Waals surface area contributed by atoms with Gasteiger partial charge in [-0.2, -0.15) is 0 Å². The van der Waals surface area contributed by atoms with Crippen molar-refractivity contribution >= 4 is 23.7 Å². The predicted octanol–water partition coefficient (Wildman–Crippen LogP) is 1.12. The van der Waals surface area contributed by atoms with Crippen LogP contribution in [-0.4, -0.2) is 35.3 Å². The first-order valence-corrected chi connectivity index (χ1v) is 8.34. The van der Waals surface area contributed by atoms with E-state index >= 15 is 0 Å². The van der Waals surface area contributed by atoms with Crippen LogP contribution in [0.3, 0.4) is 0 Å².